The zero-order valence-corrected chi connectivity index (χ0v) is 16.3. The molecule has 0 saturated carbocycles. The average Bonchev–Trinajstić information content (AvgIpc) is 2.69. The van der Waals surface area contributed by atoms with Crippen LogP contribution in [0.4, 0.5) is 11.5 Å². The lowest BCUT2D eigenvalue weighted by molar-refractivity contribution is 0.805. The minimum atomic E-state index is 0.167. The van der Waals surface area contributed by atoms with Gasteiger partial charge in [-0.05, 0) is 36.3 Å². The number of aromatic nitrogens is 3. The summed E-state index contributed by atoms with van der Waals surface area (Å²) in [5, 5.41) is 3.40. The summed E-state index contributed by atoms with van der Waals surface area (Å²) in [5.74, 6) is 1.83. The molecule has 2 aliphatic heterocycles. The maximum Gasteiger partial charge on any atom is 0.148 e. The molecule has 3 aromatic rings. The molecule has 5 nitrogen and oxygen atoms in total. The van der Waals surface area contributed by atoms with Gasteiger partial charge in [-0.2, -0.15) is 0 Å². The Morgan fingerprint density at radius 3 is 2.76 bits per heavy atom. The molecule has 0 amide bonds. The number of hydrogen-bond donors (Lipinski definition) is 1. The molecule has 0 spiro atoms. The van der Waals surface area contributed by atoms with Crippen molar-refractivity contribution in [1.29, 1.82) is 0 Å². The van der Waals surface area contributed by atoms with Crippen LogP contribution in [0.5, 0.6) is 0 Å². The molecule has 1 N–H and O–H groups in total. The summed E-state index contributed by atoms with van der Waals surface area (Å²) in [5.41, 5.74) is 6.97. The smallest absolute Gasteiger partial charge is 0.148 e. The maximum absolute atomic E-state index is 6.36. The van der Waals surface area contributed by atoms with Crippen LogP contribution in [0.2, 0.25) is 0 Å². The number of hydrogen-bond acceptors (Lipinski definition) is 5. The van der Waals surface area contributed by atoms with E-state index in [-0.39, 0.29) is 5.92 Å². The van der Waals surface area contributed by atoms with E-state index < -0.39 is 0 Å². The normalized spacial score (nSPS) is 17.0. The number of nitrogens with zero attached hydrogens (tertiary/aromatic N) is 4. The minimum absolute atomic E-state index is 0.167. The molecule has 5 heterocycles. The van der Waals surface area contributed by atoms with Gasteiger partial charge in [-0.15, -0.1) is 0 Å². The highest BCUT2D eigenvalue weighted by molar-refractivity contribution is 6.39. The Balaban J connectivity index is 1.80. The highest BCUT2D eigenvalue weighted by Gasteiger charge is 2.34. The lowest BCUT2D eigenvalue weighted by atomic mass is 9.85. The van der Waals surface area contributed by atoms with Gasteiger partial charge in [-0.25, -0.2) is 4.98 Å². The molecule has 0 bridgehead atoms. The molecule has 1 atom stereocenters. The van der Waals surface area contributed by atoms with Crippen molar-refractivity contribution in [1.82, 2.24) is 20.3 Å². The number of pyridine rings is 3. The predicted molar refractivity (Wildman–Crippen MR) is 118 cm³/mol. The molecule has 0 aliphatic carbocycles. The average molecular weight is 373 g/mol. The lowest BCUT2D eigenvalue weighted by Crippen LogP contribution is -2.38. The summed E-state index contributed by atoms with van der Waals surface area (Å²) in [4.78, 5) is 15.9. The van der Waals surface area contributed by atoms with Crippen LogP contribution in [-0.2, 0) is 0 Å². The number of allylic oxidation sites excluding steroid dienone is 1. The number of anilines is 2. The number of fused-ring (bicyclic) bond motifs is 5. The van der Waals surface area contributed by atoms with Crippen LogP contribution in [0.15, 0.2) is 55.1 Å². The zero-order valence-electron chi connectivity index (χ0n) is 16.3. The Labute approximate surface area is 172 Å². The highest BCUT2D eigenvalue weighted by atomic mass is 15.3. The quantitative estimate of drug-likeness (QED) is 0.663. The maximum atomic E-state index is 6.36. The number of rotatable bonds is 1. The van der Waals surface area contributed by atoms with E-state index in [1.165, 1.54) is 0 Å². The van der Waals surface area contributed by atoms with Crippen molar-refractivity contribution in [3.63, 3.8) is 0 Å². The molecule has 5 rings (SSSR count). The molecule has 29 heavy (non-hydrogen) atoms. The van der Waals surface area contributed by atoms with E-state index >= 15 is 0 Å². The largest absolute Gasteiger partial charge is 0.341 e. The fraction of sp³-hybridized carbons (Fsp3) is 0.136. The summed E-state index contributed by atoms with van der Waals surface area (Å²) in [6.45, 7) is 8.40. The van der Waals surface area contributed by atoms with Crippen LogP contribution in [0.1, 0.15) is 29.7 Å². The van der Waals surface area contributed by atoms with Crippen molar-refractivity contribution < 1.29 is 0 Å². The summed E-state index contributed by atoms with van der Waals surface area (Å²) >= 11 is 0. The third-order valence-electron chi connectivity index (χ3n) is 5.40. The van der Waals surface area contributed by atoms with E-state index in [2.05, 4.69) is 46.7 Å². The van der Waals surface area contributed by atoms with Gasteiger partial charge < -0.3 is 5.32 Å². The highest BCUT2D eigenvalue weighted by Crippen LogP contribution is 2.45. The molecule has 2 aliphatic rings. The summed E-state index contributed by atoms with van der Waals surface area (Å²) in [6, 6.07) is 7.59. The van der Waals surface area contributed by atoms with Crippen LogP contribution in [0.3, 0.4) is 0 Å². The molecule has 3 aromatic heterocycles. The molecule has 136 valence electrons. The van der Waals surface area contributed by atoms with Gasteiger partial charge in [0.05, 0.1) is 17.1 Å². The Morgan fingerprint density at radius 2 is 1.97 bits per heavy atom. The Kier molecular flexibility index (Phi) is 3.88. The first-order chi connectivity index (χ1) is 14.0. The van der Waals surface area contributed by atoms with Crippen LogP contribution < -0.4 is 21.3 Å². The summed E-state index contributed by atoms with van der Waals surface area (Å²) in [7, 11) is 12.5. The van der Waals surface area contributed by atoms with Crippen molar-refractivity contribution in [2.24, 2.45) is 0 Å². The molecular formula is C22H17B2N5. The fourth-order valence-corrected chi connectivity index (χ4v) is 3.99. The van der Waals surface area contributed by atoms with Crippen LogP contribution in [0.25, 0.3) is 17.0 Å². The first-order valence-corrected chi connectivity index (χ1v) is 9.41. The first-order valence-electron chi connectivity index (χ1n) is 9.41. The van der Waals surface area contributed by atoms with E-state index in [1.807, 2.05) is 30.5 Å². The van der Waals surface area contributed by atoms with Crippen LogP contribution >= 0.6 is 0 Å². The van der Waals surface area contributed by atoms with Gasteiger partial charge in [0.15, 0.2) is 0 Å². The number of nitrogens with one attached hydrogen (secondary N) is 1. The molecule has 7 heteroatoms. The zero-order chi connectivity index (χ0) is 20.3. The van der Waals surface area contributed by atoms with Gasteiger partial charge in [-0.1, -0.05) is 31.1 Å². The van der Waals surface area contributed by atoms with Crippen molar-refractivity contribution in [2.75, 3.05) is 4.90 Å². The van der Waals surface area contributed by atoms with Gasteiger partial charge in [-0.3, -0.25) is 14.9 Å². The molecule has 0 aromatic carbocycles. The lowest BCUT2D eigenvalue weighted by Gasteiger charge is -2.40. The third kappa shape index (κ3) is 2.61. The van der Waals surface area contributed by atoms with E-state index in [9.17, 15) is 0 Å². The Morgan fingerprint density at radius 1 is 1.14 bits per heavy atom. The molecule has 4 radical (unpaired) electrons. The van der Waals surface area contributed by atoms with Crippen molar-refractivity contribution >= 4 is 44.0 Å². The SMILES string of the molecule is [B]c1cc2c(nc1-c1cccnc1[B])N1C(=CC(C)c3nccc(C)c31)NC2=C. The standard InChI is InChI=1S/C22H17B2N5/c1-11-6-8-25-18-12(2)9-17-27-13(3)15-10-16(23)19(14-5-4-7-26-21(14)24)28-22(15)29(17)20(11)18/h4-10,12,27H,3H2,1-2H3. The second-order valence-electron chi connectivity index (χ2n) is 7.37. The molecule has 0 fully saturated rings. The summed E-state index contributed by atoms with van der Waals surface area (Å²) < 4.78 is 0. The monoisotopic (exact) mass is 373 g/mol. The Bertz CT molecular complexity index is 1220. The van der Waals surface area contributed by atoms with E-state index in [0.717, 1.165) is 39.8 Å². The van der Waals surface area contributed by atoms with Crippen molar-refractivity contribution in [3.8, 4) is 11.3 Å². The Hall–Kier alpha value is -3.34. The topological polar surface area (TPSA) is 53.9 Å². The second-order valence-corrected chi connectivity index (χ2v) is 7.37. The van der Waals surface area contributed by atoms with E-state index in [0.29, 0.717) is 22.3 Å². The number of aryl methyl sites for hydroxylation is 1. The van der Waals surface area contributed by atoms with Gasteiger partial charge in [0, 0.05) is 35.1 Å². The van der Waals surface area contributed by atoms with Gasteiger partial charge in [0.2, 0.25) is 0 Å². The minimum Gasteiger partial charge on any atom is -0.341 e. The van der Waals surface area contributed by atoms with Crippen LogP contribution in [-0.4, -0.2) is 30.6 Å². The van der Waals surface area contributed by atoms with Gasteiger partial charge >= 0.3 is 0 Å². The first kappa shape index (κ1) is 17.7. The second kappa shape index (κ2) is 6.34. The van der Waals surface area contributed by atoms with Crippen molar-refractivity contribution in [3.05, 3.63) is 72.0 Å². The molecule has 1 unspecified atom stereocenters. The van der Waals surface area contributed by atoms with Crippen LogP contribution in [0, 0.1) is 6.92 Å². The van der Waals surface area contributed by atoms with Crippen molar-refractivity contribution in [2.45, 2.75) is 19.8 Å². The van der Waals surface area contributed by atoms with E-state index in [4.69, 9.17) is 20.7 Å². The predicted octanol–water partition coefficient (Wildman–Crippen LogP) is 2.11. The van der Waals surface area contributed by atoms with Gasteiger partial charge in [0.25, 0.3) is 0 Å². The molecule has 0 saturated heterocycles. The van der Waals surface area contributed by atoms with Gasteiger partial charge in [0.1, 0.15) is 27.3 Å². The summed E-state index contributed by atoms with van der Waals surface area (Å²) in [6.07, 6.45) is 5.63. The fourth-order valence-electron chi connectivity index (χ4n) is 3.99. The van der Waals surface area contributed by atoms with E-state index in [1.54, 1.807) is 6.20 Å². The molecular weight excluding hydrogens is 356 g/mol. The third-order valence-corrected chi connectivity index (χ3v) is 5.40.